The van der Waals surface area contributed by atoms with E-state index in [4.69, 9.17) is 18.9 Å². The van der Waals surface area contributed by atoms with Crippen molar-refractivity contribution < 1.29 is 28.5 Å². The van der Waals surface area contributed by atoms with Crippen LogP contribution in [0, 0.1) is 6.92 Å². The number of aryl methyl sites for hydroxylation is 1. The van der Waals surface area contributed by atoms with Crippen LogP contribution in [0.5, 0.6) is 23.0 Å². The van der Waals surface area contributed by atoms with Crippen molar-refractivity contribution in [1.29, 1.82) is 0 Å². The molecule has 7 nitrogen and oxygen atoms in total. The molecule has 0 fully saturated rings. The Bertz CT molecular complexity index is 1410. The molecule has 37 heavy (non-hydrogen) atoms. The molecule has 0 aromatic heterocycles. The van der Waals surface area contributed by atoms with E-state index < -0.39 is 11.9 Å². The molecule has 0 heterocycles. The van der Waals surface area contributed by atoms with Gasteiger partial charge < -0.3 is 18.9 Å². The van der Waals surface area contributed by atoms with Gasteiger partial charge in [-0.15, -0.1) is 0 Å². The Balaban J connectivity index is 1.60. The monoisotopic (exact) mass is 495 g/mol. The van der Waals surface area contributed by atoms with E-state index in [0.717, 1.165) is 11.3 Å². The predicted molar refractivity (Wildman–Crippen MR) is 141 cm³/mol. The molecular formula is C30H25NO6. The van der Waals surface area contributed by atoms with Gasteiger partial charge in [0.25, 0.3) is 0 Å². The third-order valence-electron chi connectivity index (χ3n) is 5.44. The molecule has 0 aliphatic carbocycles. The number of nitrogens with zero attached hydrogens (tertiary/aromatic N) is 1. The largest absolute Gasteiger partial charge is 0.497 e. The van der Waals surface area contributed by atoms with E-state index in [-0.39, 0.29) is 11.5 Å². The molecule has 7 heteroatoms. The Hall–Kier alpha value is -4.91. The molecule has 0 amide bonds. The van der Waals surface area contributed by atoms with Crippen LogP contribution in [-0.4, -0.2) is 32.4 Å². The lowest BCUT2D eigenvalue weighted by molar-refractivity contribution is 0.0732. The molecule has 4 rings (SSSR count). The van der Waals surface area contributed by atoms with Crippen LogP contribution in [0.1, 0.15) is 31.8 Å². The van der Waals surface area contributed by atoms with Crippen molar-refractivity contribution in [3.05, 3.63) is 113 Å². The fraction of sp³-hybridized carbons (Fsp3) is 0.100. The molecule has 0 N–H and O–H groups in total. The van der Waals surface area contributed by atoms with Gasteiger partial charge in [-0.05, 0) is 79.7 Å². The number of methoxy groups -OCH3 is 2. The van der Waals surface area contributed by atoms with Gasteiger partial charge in [-0.2, -0.15) is 0 Å². The van der Waals surface area contributed by atoms with E-state index in [1.54, 1.807) is 81.1 Å². The van der Waals surface area contributed by atoms with Gasteiger partial charge in [0.2, 0.25) is 0 Å². The quantitative estimate of drug-likeness (QED) is 0.164. The predicted octanol–water partition coefficient (Wildman–Crippen LogP) is 6.20. The van der Waals surface area contributed by atoms with Gasteiger partial charge in [0.05, 0.1) is 31.0 Å². The van der Waals surface area contributed by atoms with Crippen molar-refractivity contribution in [3.63, 3.8) is 0 Å². The van der Waals surface area contributed by atoms with Gasteiger partial charge in [-0.25, -0.2) is 9.59 Å². The summed E-state index contributed by atoms with van der Waals surface area (Å²) < 4.78 is 21.5. The minimum Gasteiger partial charge on any atom is -0.497 e. The van der Waals surface area contributed by atoms with Crippen LogP contribution in [-0.2, 0) is 0 Å². The van der Waals surface area contributed by atoms with Crippen LogP contribution in [0.3, 0.4) is 0 Å². The first kappa shape index (κ1) is 25.2. The van der Waals surface area contributed by atoms with Gasteiger partial charge in [0.15, 0.2) is 0 Å². The van der Waals surface area contributed by atoms with Crippen molar-refractivity contribution in [3.8, 4) is 23.0 Å². The molecule has 0 saturated carbocycles. The number of ether oxygens (including phenoxy) is 4. The topological polar surface area (TPSA) is 83.4 Å². The highest BCUT2D eigenvalue weighted by Gasteiger charge is 2.15. The van der Waals surface area contributed by atoms with Crippen LogP contribution in [0.2, 0.25) is 0 Å². The maximum absolute atomic E-state index is 12.9. The molecule has 0 spiro atoms. The molecule has 0 aliphatic heterocycles. The smallest absolute Gasteiger partial charge is 0.343 e. The van der Waals surface area contributed by atoms with Crippen LogP contribution in [0.25, 0.3) is 0 Å². The number of carbonyl (C=O) groups excluding carboxylic acids is 2. The lowest BCUT2D eigenvalue weighted by Gasteiger charge is -2.11. The van der Waals surface area contributed by atoms with E-state index in [1.807, 2.05) is 31.2 Å². The minimum absolute atomic E-state index is 0.191. The molecule has 0 bridgehead atoms. The summed E-state index contributed by atoms with van der Waals surface area (Å²) >= 11 is 0. The van der Waals surface area contributed by atoms with Crippen LogP contribution < -0.4 is 18.9 Å². The second kappa shape index (κ2) is 11.7. The summed E-state index contributed by atoms with van der Waals surface area (Å²) in [6.45, 7) is 2.00. The highest BCUT2D eigenvalue weighted by molar-refractivity contribution is 5.94. The number of rotatable bonds is 8. The second-order valence-corrected chi connectivity index (χ2v) is 8.03. The molecule has 0 unspecified atom stereocenters. The summed E-state index contributed by atoms with van der Waals surface area (Å²) in [4.78, 5) is 30.0. The Morgan fingerprint density at radius 3 is 1.70 bits per heavy atom. The standard InChI is InChI=1S/C30H25NO6/c1-20-4-11-24(12-5-20)31-19-23-10-17-27(36-29(32)21-6-13-25(34-2)14-7-21)18-28(23)37-30(33)22-8-15-26(35-3)16-9-22/h4-19H,1-3H3. The summed E-state index contributed by atoms with van der Waals surface area (Å²) in [5.41, 5.74) is 3.08. The highest BCUT2D eigenvalue weighted by atomic mass is 16.5. The van der Waals surface area contributed by atoms with Crippen molar-refractivity contribution in [2.24, 2.45) is 4.99 Å². The van der Waals surface area contributed by atoms with E-state index in [1.165, 1.54) is 6.07 Å². The third-order valence-corrected chi connectivity index (χ3v) is 5.44. The van der Waals surface area contributed by atoms with Crippen molar-refractivity contribution in [2.45, 2.75) is 6.92 Å². The fourth-order valence-electron chi connectivity index (χ4n) is 3.33. The van der Waals surface area contributed by atoms with Crippen molar-refractivity contribution in [1.82, 2.24) is 0 Å². The zero-order valence-corrected chi connectivity index (χ0v) is 20.6. The number of benzene rings is 4. The zero-order valence-electron chi connectivity index (χ0n) is 20.6. The number of carbonyl (C=O) groups is 2. The molecule has 0 atom stereocenters. The Labute approximate surface area is 214 Å². The average molecular weight is 496 g/mol. The Kier molecular flexibility index (Phi) is 7.95. The molecular weight excluding hydrogens is 470 g/mol. The fourth-order valence-corrected chi connectivity index (χ4v) is 3.33. The molecule has 186 valence electrons. The van der Waals surface area contributed by atoms with E-state index in [0.29, 0.717) is 28.2 Å². The average Bonchev–Trinajstić information content (AvgIpc) is 2.93. The van der Waals surface area contributed by atoms with E-state index >= 15 is 0 Å². The van der Waals surface area contributed by atoms with Crippen molar-refractivity contribution >= 4 is 23.8 Å². The summed E-state index contributed by atoms with van der Waals surface area (Å²) in [6, 6.07) is 25.6. The van der Waals surface area contributed by atoms with E-state index in [9.17, 15) is 9.59 Å². The maximum atomic E-state index is 12.9. The van der Waals surface area contributed by atoms with Gasteiger partial charge in [-0.1, -0.05) is 17.7 Å². The van der Waals surface area contributed by atoms with Crippen molar-refractivity contribution in [2.75, 3.05) is 14.2 Å². The number of esters is 2. The maximum Gasteiger partial charge on any atom is 0.343 e. The Morgan fingerprint density at radius 2 is 1.16 bits per heavy atom. The van der Waals surface area contributed by atoms with Crippen LogP contribution in [0.4, 0.5) is 5.69 Å². The zero-order chi connectivity index (χ0) is 26.2. The molecule has 4 aromatic carbocycles. The SMILES string of the molecule is COc1ccc(C(=O)Oc2ccc(C=Nc3ccc(C)cc3)c(OC(=O)c3ccc(OC)cc3)c2)cc1. The van der Waals surface area contributed by atoms with Gasteiger partial charge >= 0.3 is 11.9 Å². The third kappa shape index (κ3) is 6.61. The molecule has 0 radical (unpaired) electrons. The van der Waals surface area contributed by atoms with Crippen LogP contribution >= 0.6 is 0 Å². The van der Waals surface area contributed by atoms with Gasteiger partial charge in [-0.3, -0.25) is 4.99 Å². The number of aliphatic imine (C=N–C) groups is 1. The first-order chi connectivity index (χ1) is 17.9. The number of hydrogen-bond acceptors (Lipinski definition) is 7. The first-order valence-electron chi connectivity index (χ1n) is 11.4. The molecule has 4 aromatic rings. The lowest BCUT2D eigenvalue weighted by Crippen LogP contribution is -2.11. The lowest BCUT2D eigenvalue weighted by atomic mass is 10.2. The molecule has 0 aliphatic rings. The van der Waals surface area contributed by atoms with E-state index in [2.05, 4.69) is 4.99 Å². The summed E-state index contributed by atoms with van der Waals surface area (Å²) in [6.07, 6.45) is 1.59. The highest BCUT2D eigenvalue weighted by Crippen LogP contribution is 2.27. The Morgan fingerprint density at radius 1 is 0.649 bits per heavy atom. The molecule has 0 saturated heterocycles. The number of hydrogen-bond donors (Lipinski definition) is 0. The second-order valence-electron chi connectivity index (χ2n) is 8.03. The van der Waals surface area contributed by atoms with Gasteiger partial charge in [0, 0.05) is 17.8 Å². The summed E-state index contributed by atoms with van der Waals surface area (Å²) in [5, 5.41) is 0. The summed E-state index contributed by atoms with van der Waals surface area (Å²) in [7, 11) is 3.09. The normalized spacial score (nSPS) is 10.7. The summed E-state index contributed by atoms with van der Waals surface area (Å²) in [5.74, 6) is 0.515. The van der Waals surface area contributed by atoms with Gasteiger partial charge in [0.1, 0.15) is 23.0 Å². The van der Waals surface area contributed by atoms with Crippen LogP contribution in [0.15, 0.2) is 96.0 Å². The first-order valence-corrected chi connectivity index (χ1v) is 11.4. The minimum atomic E-state index is -0.578.